The summed E-state index contributed by atoms with van der Waals surface area (Å²) >= 11 is 4.32. The number of thiophene rings is 1. The highest BCUT2D eigenvalue weighted by Gasteiger charge is 2.64. The summed E-state index contributed by atoms with van der Waals surface area (Å²) < 4.78 is 108. The van der Waals surface area contributed by atoms with Gasteiger partial charge < -0.3 is 5.32 Å². The molecule has 0 atom stereocenters. The number of carbonyl (C=O) groups excluding carboxylic acids is 1. The summed E-state index contributed by atoms with van der Waals surface area (Å²) in [6, 6.07) is 1.55. The molecule has 1 fully saturated rings. The molecule has 0 aliphatic heterocycles. The van der Waals surface area contributed by atoms with E-state index in [1.165, 1.54) is 6.07 Å². The lowest BCUT2D eigenvalue weighted by molar-refractivity contribution is -0.292. The van der Waals surface area contributed by atoms with Crippen molar-refractivity contribution in [2.24, 2.45) is 7.05 Å². The molecule has 1 aliphatic rings. The Kier molecular flexibility index (Phi) is 5.82. The van der Waals surface area contributed by atoms with Crippen molar-refractivity contribution in [3.8, 4) is 16.3 Å². The van der Waals surface area contributed by atoms with Crippen LogP contribution in [0.25, 0.3) is 16.3 Å². The van der Waals surface area contributed by atoms with Crippen LogP contribution in [0.15, 0.2) is 22.2 Å². The maximum absolute atomic E-state index is 13.9. The third-order valence-electron chi connectivity index (χ3n) is 4.88. The van der Waals surface area contributed by atoms with Gasteiger partial charge in [0.1, 0.15) is 5.56 Å². The zero-order valence-electron chi connectivity index (χ0n) is 16.7. The van der Waals surface area contributed by atoms with Crippen molar-refractivity contribution in [3.63, 3.8) is 0 Å². The van der Waals surface area contributed by atoms with Gasteiger partial charge >= 0.3 is 18.3 Å². The summed E-state index contributed by atoms with van der Waals surface area (Å²) in [6.07, 6.45) is -8.07. The summed E-state index contributed by atoms with van der Waals surface area (Å²) in [5.41, 5.74) is -4.25. The van der Waals surface area contributed by atoms with Gasteiger partial charge in [0.15, 0.2) is 11.5 Å². The molecule has 0 spiro atoms. The Labute approximate surface area is 197 Å². The van der Waals surface area contributed by atoms with E-state index in [1.54, 1.807) is 0 Å². The van der Waals surface area contributed by atoms with Gasteiger partial charge in [0.25, 0.3) is 5.91 Å². The van der Waals surface area contributed by atoms with Crippen LogP contribution in [0, 0.1) is 0 Å². The van der Waals surface area contributed by atoms with Gasteiger partial charge in [-0.15, -0.1) is 11.3 Å². The number of aromatic nitrogens is 4. The number of nitrogens with one attached hydrogen (secondary N) is 1. The lowest BCUT2D eigenvalue weighted by atomic mass is 10.1. The topological polar surface area (TPSA) is 64.7 Å². The van der Waals surface area contributed by atoms with Gasteiger partial charge in [0.05, 0.1) is 15.5 Å². The van der Waals surface area contributed by atoms with Crippen molar-refractivity contribution >= 4 is 33.2 Å². The van der Waals surface area contributed by atoms with Gasteiger partial charge in [0.2, 0.25) is 0 Å². The number of carbonyl (C=O) groups is 1. The predicted molar refractivity (Wildman–Crippen MR) is 107 cm³/mol. The van der Waals surface area contributed by atoms with E-state index in [1.807, 2.05) is 0 Å². The van der Waals surface area contributed by atoms with E-state index in [9.17, 15) is 39.9 Å². The monoisotopic (exact) mass is 577 g/mol. The molecule has 34 heavy (non-hydrogen) atoms. The Bertz CT molecular complexity index is 1250. The number of hydrogen-bond donors (Lipinski definition) is 1. The van der Waals surface area contributed by atoms with E-state index in [2.05, 4.69) is 31.4 Å². The van der Waals surface area contributed by atoms with Crippen LogP contribution in [0.3, 0.4) is 0 Å². The van der Waals surface area contributed by atoms with E-state index in [4.69, 9.17) is 0 Å². The maximum Gasteiger partial charge on any atom is 0.459 e. The average Bonchev–Trinajstić information content (AvgIpc) is 3.10. The lowest BCUT2D eigenvalue weighted by Gasteiger charge is -2.19. The van der Waals surface area contributed by atoms with Crippen LogP contribution in [-0.2, 0) is 19.1 Å². The fourth-order valence-corrected chi connectivity index (χ4v) is 4.79. The summed E-state index contributed by atoms with van der Waals surface area (Å²) in [6.45, 7) is 0. The minimum atomic E-state index is -6.30. The molecule has 4 rings (SSSR count). The zero-order chi connectivity index (χ0) is 25.2. The molecule has 0 aromatic carbocycles. The minimum absolute atomic E-state index is 0.0835. The first-order valence-corrected chi connectivity index (χ1v) is 11.0. The van der Waals surface area contributed by atoms with Gasteiger partial charge in [-0.05, 0) is 34.8 Å². The molecule has 1 aliphatic carbocycles. The van der Waals surface area contributed by atoms with Crippen LogP contribution < -0.4 is 5.32 Å². The fourth-order valence-electron chi connectivity index (χ4n) is 3.12. The van der Waals surface area contributed by atoms with Gasteiger partial charge in [0, 0.05) is 29.7 Å². The molecule has 184 valence electrons. The first-order valence-electron chi connectivity index (χ1n) is 9.36. The molecule has 1 N–H and O–H groups in total. The molecule has 3 heterocycles. The van der Waals surface area contributed by atoms with Crippen LogP contribution in [0.1, 0.15) is 34.5 Å². The van der Waals surface area contributed by atoms with Crippen LogP contribution in [-0.4, -0.2) is 37.7 Å². The Morgan fingerprint density at radius 2 is 1.82 bits per heavy atom. The number of aryl methyl sites for hydroxylation is 1. The van der Waals surface area contributed by atoms with Crippen LogP contribution in [0.4, 0.5) is 35.1 Å². The fraction of sp³-hybridized carbons (Fsp3) is 0.389. The molecule has 0 bridgehead atoms. The van der Waals surface area contributed by atoms with E-state index in [-0.39, 0.29) is 27.8 Å². The van der Waals surface area contributed by atoms with Crippen molar-refractivity contribution in [2.75, 3.05) is 0 Å². The molecule has 16 heteroatoms. The van der Waals surface area contributed by atoms with Crippen molar-refractivity contribution in [1.82, 2.24) is 24.9 Å². The van der Waals surface area contributed by atoms with Gasteiger partial charge in [-0.1, -0.05) is 0 Å². The number of nitrogens with zero attached hydrogens (tertiary/aromatic N) is 4. The summed E-state index contributed by atoms with van der Waals surface area (Å²) in [5, 5.41) is 9.36. The molecule has 0 radical (unpaired) electrons. The first kappa shape index (κ1) is 24.6. The molecular weight excluding hydrogens is 566 g/mol. The lowest BCUT2D eigenvalue weighted by Crippen LogP contribution is -2.36. The second kappa shape index (κ2) is 8.03. The first-order chi connectivity index (χ1) is 15.6. The quantitative estimate of drug-likeness (QED) is 0.398. The largest absolute Gasteiger partial charge is 0.459 e. The van der Waals surface area contributed by atoms with Crippen LogP contribution >= 0.6 is 27.3 Å². The highest BCUT2D eigenvalue weighted by Crippen LogP contribution is 2.49. The zero-order valence-corrected chi connectivity index (χ0v) is 19.1. The Morgan fingerprint density at radius 3 is 2.38 bits per heavy atom. The second-order valence-electron chi connectivity index (χ2n) is 7.46. The van der Waals surface area contributed by atoms with Gasteiger partial charge in [-0.3, -0.25) is 4.79 Å². The number of rotatable bonds is 5. The third-order valence-corrected chi connectivity index (χ3v) is 6.77. The van der Waals surface area contributed by atoms with E-state index in [0.717, 1.165) is 43.6 Å². The summed E-state index contributed by atoms with van der Waals surface area (Å²) in [4.78, 5) is 12.7. The highest BCUT2D eigenvalue weighted by atomic mass is 79.9. The molecule has 1 amide bonds. The molecule has 6 nitrogen and oxygen atoms in total. The molecule has 1 saturated carbocycles. The number of amides is 1. The summed E-state index contributed by atoms with van der Waals surface area (Å²) in [5.74, 6) is -7.33. The predicted octanol–water partition coefficient (Wildman–Crippen LogP) is 5.66. The number of alkyl halides is 8. The molecule has 0 unspecified atom stereocenters. The summed E-state index contributed by atoms with van der Waals surface area (Å²) in [7, 11) is 0.796. The smallest absolute Gasteiger partial charge is 0.349 e. The van der Waals surface area contributed by atoms with Crippen molar-refractivity contribution < 1.29 is 39.9 Å². The van der Waals surface area contributed by atoms with Crippen LogP contribution in [0.5, 0.6) is 0 Å². The Balaban J connectivity index is 1.77. The standard InChI is InChI=1S/C18H12BrF8N5OS/c1-31-15(11(17(22,23)24)12(30-31)16(20,21)18(25,26)27)32-6-7(5-28-32)10-4-9(13(19)34-10)14(33)29-8-2-3-8/h4-6,8H,2-3H2,1H3,(H,29,33). The van der Waals surface area contributed by atoms with Crippen molar-refractivity contribution in [2.45, 2.75) is 37.2 Å². The molecule has 3 aromatic rings. The molecule has 3 aromatic heterocycles. The van der Waals surface area contributed by atoms with Gasteiger partial charge in [-0.2, -0.15) is 45.3 Å². The Hall–Kier alpha value is -2.49. The van der Waals surface area contributed by atoms with Crippen LogP contribution in [0.2, 0.25) is 0 Å². The SMILES string of the molecule is Cn1nc(C(F)(F)C(F)(F)F)c(C(F)(F)F)c1-n1cc(-c2cc(C(=O)NC3CC3)c(Br)s2)cn1. The minimum Gasteiger partial charge on any atom is -0.349 e. The van der Waals surface area contributed by atoms with Crippen molar-refractivity contribution in [1.29, 1.82) is 0 Å². The highest BCUT2D eigenvalue weighted by molar-refractivity contribution is 9.11. The second-order valence-corrected chi connectivity index (χ2v) is 9.83. The number of hydrogen-bond acceptors (Lipinski definition) is 4. The number of halogens is 9. The normalized spacial score (nSPS) is 15.1. The van der Waals surface area contributed by atoms with E-state index in [0.29, 0.717) is 13.3 Å². The average molecular weight is 578 g/mol. The van der Waals surface area contributed by atoms with Crippen molar-refractivity contribution in [3.05, 3.63) is 39.1 Å². The maximum atomic E-state index is 13.9. The molecule has 0 saturated heterocycles. The molecular formula is C18H12BrF8N5OS. The van der Waals surface area contributed by atoms with E-state index < -0.39 is 35.4 Å². The van der Waals surface area contributed by atoms with E-state index >= 15 is 0 Å². The Morgan fingerprint density at radius 1 is 1.18 bits per heavy atom. The van der Waals surface area contributed by atoms with Gasteiger partial charge in [-0.25, -0.2) is 9.36 Å². The third kappa shape index (κ3) is 4.32.